The lowest BCUT2D eigenvalue weighted by molar-refractivity contribution is 0.0821. The molecule has 2 aromatic heterocycles. The molecule has 0 unspecified atom stereocenters. The molecular weight excluding hydrogens is 379 g/mol. The zero-order chi connectivity index (χ0) is 20.5. The number of methoxy groups -OCH3 is 1. The number of carbonyl (C=O) groups excluding carboxylic acids is 1. The molecule has 0 spiro atoms. The van der Waals surface area contributed by atoms with Crippen molar-refractivity contribution in [3.05, 3.63) is 41.3 Å². The Morgan fingerprint density at radius 3 is 2.97 bits per heavy atom. The predicted molar refractivity (Wildman–Crippen MR) is 105 cm³/mol. The zero-order valence-electron chi connectivity index (χ0n) is 16.2. The van der Waals surface area contributed by atoms with Crippen molar-refractivity contribution in [2.45, 2.75) is 19.6 Å². The van der Waals surface area contributed by atoms with Crippen molar-refractivity contribution in [3.8, 4) is 5.75 Å². The number of fused-ring (bicyclic) bond motifs is 3. The molecule has 0 radical (unpaired) electrons. The number of halogens is 1. The fraction of sp³-hybridized carbons (Fsp3) is 0.316. The fourth-order valence-electron chi connectivity index (χ4n) is 3.23. The van der Waals surface area contributed by atoms with Crippen LogP contribution in [0.3, 0.4) is 0 Å². The maximum atomic E-state index is 14.6. The van der Waals surface area contributed by atoms with Crippen molar-refractivity contribution in [1.29, 1.82) is 0 Å². The van der Waals surface area contributed by atoms with E-state index in [9.17, 15) is 9.18 Å². The summed E-state index contributed by atoms with van der Waals surface area (Å²) in [6.07, 6.45) is 1.46. The first-order chi connectivity index (χ1) is 14.0. The minimum absolute atomic E-state index is 0.0633. The number of amides is 1. The summed E-state index contributed by atoms with van der Waals surface area (Å²) in [5.41, 5.74) is 1.71. The number of hydrogen-bond acceptors (Lipinski definition) is 7. The minimum Gasteiger partial charge on any atom is -0.492 e. The van der Waals surface area contributed by atoms with Crippen LogP contribution in [-0.4, -0.2) is 47.3 Å². The second kappa shape index (κ2) is 7.55. The van der Waals surface area contributed by atoms with Crippen LogP contribution < -0.4 is 20.7 Å². The smallest absolute Gasteiger partial charge is 0.257 e. The number of hydrogen-bond donors (Lipinski definition) is 3. The largest absolute Gasteiger partial charge is 0.492 e. The van der Waals surface area contributed by atoms with Crippen molar-refractivity contribution in [2.75, 3.05) is 31.4 Å². The summed E-state index contributed by atoms with van der Waals surface area (Å²) in [6, 6.07) is 4.56. The van der Waals surface area contributed by atoms with E-state index < -0.39 is 5.82 Å². The Balaban J connectivity index is 1.90. The molecule has 0 saturated heterocycles. The molecule has 1 aromatic carbocycles. The first-order valence-corrected chi connectivity index (χ1v) is 9.08. The van der Waals surface area contributed by atoms with Crippen molar-refractivity contribution in [3.63, 3.8) is 0 Å². The maximum absolute atomic E-state index is 14.6. The third-order valence-electron chi connectivity index (χ3n) is 4.56. The molecule has 0 fully saturated rings. The molecule has 1 aliphatic rings. The molecule has 1 aliphatic heterocycles. The number of benzene rings is 1. The summed E-state index contributed by atoms with van der Waals surface area (Å²) in [5.74, 6) is 0.257. The molecule has 152 valence electrons. The number of aromatic nitrogens is 3. The Labute approximate surface area is 166 Å². The molecular formula is C19H21FN6O3. The Bertz CT molecular complexity index is 1080. The van der Waals surface area contributed by atoms with Gasteiger partial charge in [0.1, 0.15) is 17.2 Å². The summed E-state index contributed by atoms with van der Waals surface area (Å²) in [4.78, 5) is 17.2. The molecule has 10 heteroatoms. The van der Waals surface area contributed by atoms with Crippen LogP contribution in [0.2, 0.25) is 0 Å². The third kappa shape index (κ3) is 3.54. The van der Waals surface area contributed by atoms with Gasteiger partial charge >= 0.3 is 0 Å². The Kier molecular flexibility index (Phi) is 4.93. The van der Waals surface area contributed by atoms with Crippen LogP contribution in [0.1, 0.15) is 22.8 Å². The number of ether oxygens (including phenoxy) is 2. The average Bonchev–Trinajstić information content (AvgIpc) is 3.10. The van der Waals surface area contributed by atoms with Gasteiger partial charge in [0, 0.05) is 19.2 Å². The van der Waals surface area contributed by atoms with Crippen LogP contribution >= 0.6 is 0 Å². The summed E-state index contributed by atoms with van der Waals surface area (Å²) < 4.78 is 27.0. The van der Waals surface area contributed by atoms with Crippen LogP contribution in [0.5, 0.6) is 5.75 Å². The number of carbonyl (C=O) groups is 1. The molecule has 3 aromatic rings. The second-order valence-corrected chi connectivity index (χ2v) is 6.74. The second-order valence-electron chi connectivity index (χ2n) is 6.74. The summed E-state index contributed by atoms with van der Waals surface area (Å²) in [7, 11) is 3.13. The zero-order valence-corrected chi connectivity index (χ0v) is 16.2. The van der Waals surface area contributed by atoms with Gasteiger partial charge in [0.25, 0.3) is 5.91 Å². The van der Waals surface area contributed by atoms with Gasteiger partial charge in [-0.3, -0.25) is 4.79 Å². The lowest BCUT2D eigenvalue weighted by Crippen LogP contribution is -2.35. The van der Waals surface area contributed by atoms with Crippen molar-refractivity contribution in [2.24, 2.45) is 0 Å². The average molecular weight is 400 g/mol. The number of nitrogens with zero attached hydrogens (tertiary/aromatic N) is 3. The predicted octanol–water partition coefficient (Wildman–Crippen LogP) is 2.31. The van der Waals surface area contributed by atoms with Gasteiger partial charge in [0.05, 0.1) is 32.2 Å². The van der Waals surface area contributed by atoms with Gasteiger partial charge in [-0.2, -0.15) is 9.61 Å². The Morgan fingerprint density at radius 1 is 1.38 bits per heavy atom. The van der Waals surface area contributed by atoms with E-state index in [-0.39, 0.29) is 30.9 Å². The van der Waals surface area contributed by atoms with Crippen LogP contribution in [0.15, 0.2) is 24.4 Å². The van der Waals surface area contributed by atoms with Gasteiger partial charge < -0.3 is 25.4 Å². The number of nitrogens with one attached hydrogen (secondary N) is 3. The molecule has 3 N–H and O–H groups in total. The standard InChI is InChI=1S/C19H21FN6O3/c1-10-8-29-9-11-4-13(20)17(28-3)14(5-11)24-15-6-16(21-2)26-18(25-15)12(7-22-26)19(27)23-10/h4-7,10,21H,8-9H2,1-3H3,(H,23,27)(H,24,25)/t10-/m1/s1. The highest BCUT2D eigenvalue weighted by molar-refractivity contribution is 6.00. The van der Waals surface area contributed by atoms with Crippen molar-refractivity contribution < 1.29 is 18.7 Å². The molecule has 3 heterocycles. The SMILES string of the molecule is CNc1cc2nc3c(cnn13)C(=O)N[C@H](C)COCc1cc(F)c(OC)c(c1)N2. The molecule has 1 amide bonds. The van der Waals surface area contributed by atoms with Gasteiger partial charge in [-0.15, -0.1) is 0 Å². The topological polar surface area (TPSA) is 102 Å². The normalized spacial score (nSPS) is 16.8. The Morgan fingerprint density at radius 2 is 2.21 bits per heavy atom. The molecule has 0 saturated carbocycles. The molecule has 4 bridgehead atoms. The van der Waals surface area contributed by atoms with E-state index in [1.807, 2.05) is 6.92 Å². The molecule has 1 atom stereocenters. The highest BCUT2D eigenvalue weighted by Gasteiger charge is 2.20. The van der Waals surface area contributed by atoms with E-state index in [1.54, 1.807) is 19.2 Å². The first-order valence-electron chi connectivity index (χ1n) is 9.08. The quantitative estimate of drug-likeness (QED) is 0.607. The van der Waals surface area contributed by atoms with E-state index in [2.05, 4.69) is 26.0 Å². The van der Waals surface area contributed by atoms with Crippen LogP contribution in [0.4, 0.5) is 21.7 Å². The Hall–Kier alpha value is -3.40. The van der Waals surface area contributed by atoms with Gasteiger partial charge in [0.2, 0.25) is 0 Å². The van der Waals surface area contributed by atoms with Crippen molar-refractivity contribution >= 4 is 28.9 Å². The highest BCUT2D eigenvalue weighted by atomic mass is 19.1. The summed E-state index contributed by atoms with van der Waals surface area (Å²) in [6.45, 7) is 2.28. The van der Waals surface area contributed by atoms with E-state index in [0.717, 1.165) is 0 Å². The van der Waals surface area contributed by atoms with Gasteiger partial charge in [-0.1, -0.05) is 0 Å². The highest BCUT2D eigenvalue weighted by Crippen LogP contribution is 2.33. The minimum atomic E-state index is -0.510. The van der Waals surface area contributed by atoms with Crippen LogP contribution in [0.25, 0.3) is 5.65 Å². The van der Waals surface area contributed by atoms with E-state index >= 15 is 0 Å². The van der Waals surface area contributed by atoms with Crippen LogP contribution in [-0.2, 0) is 11.3 Å². The van der Waals surface area contributed by atoms with Crippen LogP contribution in [0, 0.1) is 5.82 Å². The molecule has 29 heavy (non-hydrogen) atoms. The maximum Gasteiger partial charge on any atom is 0.257 e. The monoisotopic (exact) mass is 400 g/mol. The van der Waals surface area contributed by atoms with Gasteiger partial charge in [-0.05, 0) is 24.6 Å². The number of rotatable bonds is 2. The third-order valence-corrected chi connectivity index (χ3v) is 4.56. The van der Waals surface area contributed by atoms with Crippen molar-refractivity contribution in [1.82, 2.24) is 19.9 Å². The lowest BCUT2D eigenvalue weighted by Gasteiger charge is -2.17. The van der Waals surface area contributed by atoms with E-state index in [1.165, 1.54) is 23.9 Å². The van der Waals surface area contributed by atoms with Gasteiger partial charge in [0.15, 0.2) is 17.2 Å². The van der Waals surface area contributed by atoms with Gasteiger partial charge in [-0.25, -0.2) is 9.37 Å². The lowest BCUT2D eigenvalue weighted by atomic mass is 10.1. The first kappa shape index (κ1) is 18.9. The fourth-order valence-corrected chi connectivity index (χ4v) is 3.23. The molecule has 4 rings (SSSR count). The summed E-state index contributed by atoms with van der Waals surface area (Å²) in [5, 5.41) is 13.2. The summed E-state index contributed by atoms with van der Waals surface area (Å²) >= 11 is 0. The van der Waals surface area contributed by atoms with E-state index in [4.69, 9.17) is 9.47 Å². The number of anilines is 3. The molecule has 0 aliphatic carbocycles. The molecule has 9 nitrogen and oxygen atoms in total. The van der Waals surface area contributed by atoms with E-state index in [0.29, 0.717) is 34.1 Å².